The third kappa shape index (κ3) is 3.95. The van der Waals surface area contributed by atoms with Gasteiger partial charge in [-0.15, -0.1) is 0 Å². The van der Waals surface area contributed by atoms with Crippen LogP contribution in [0.2, 0.25) is 0 Å². The van der Waals surface area contributed by atoms with Gasteiger partial charge in [0.2, 0.25) is 0 Å². The van der Waals surface area contributed by atoms with Crippen LogP contribution in [0, 0.1) is 0 Å². The Hall–Kier alpha value is -1.58. The van der Waals surface area contributed by atoms with E-state index in [-0.39, 0.29) is 6.10 Å². The van der Waals surface area contributed by atoms with Gasteiger partial charge >= 0.3 is 0 Å². The second-order valence-electron chi connectivity index (χ2n) is 5.21. The van der Waals surface area contributed by atoms with Crippen molar-refractivity contribution in [3.8, 4) is 5.75 Å². The summed E-state index contributed by atoms with van der Waals surface area (Å²) >= 11 is 0. The molecule has 0 aliphatic heterocycles. The molecule has 0 radical (unpaired) electrons. The van der Waals surface area contributed by atoms with Gasteiger partial charge in [0.25, 0.3) is 0 Å². The molecular weight excluding hydrogens is 250 g/mol. The lowest BCUT2D eigenvalue weighted by atomic mass is 10.1. The van der Waals surface area contributed by atoms with E-state index in [2.05, 4.69) is 37.4 Å². The predicted molar refractivity (Wildman–Crippen MR) is 83.4 cm³/mol. The molecule has 0 saturated carbocycles. The van der Waals surface area contributed by atoms with Crippen LogP contribution in [0.5, 0.6) is 5.75 Å². The third-order valence-corrected chi connectivity index (χ3v) is 3.26. The maximum Gasteiger partial charge on any atom is 0.127 e. The first-order chi connectivity index (χ1) is 9.70. The maximum atomic E-state index is 5.94. The molecule has 2 aromatic carbocycles. The summed E-state index contributed by atoms with van der Waals surface area (Å²) in [5.74, 6) is 0.912. The van der Waals surface area contributed by atoms with Gasteiger partial charge in [0.15, 0.2) is 0 Å². The summed E-state index contributed by atoms with van der Waals surface area (Å²) < 4.78 is 11.4. The fraction of sp³-hybridized carbons (Fsp3) is 0.412. The molecule has 2 aromatic rings. The number of benzene rings is 2. The average molecular weight is 273 g/mol. The minimum Gasteiger partial charge on any atom is -0.490 e. The molecule has 1 unspecified atom stereocenters. The Morgan fingerprint density at radius 2 is 1.80 bits per heavy atom. The number of hydrogen-bond donors (Lipinski definition) is 1. The molecule has 1 atom stereocenters. The molecule has 20 heavy (non-hydrogen) atoms. The largest absolute Gasteiger partial charge is 0.490 e. The van der Waals surface area contributed by atoms with Crippen LogP contribution in [-0.4, -0.2) is 32.4 Å². The second kappa shape index (κ2) is 7.27. The molecule has 0 aromatic heterocycles. The summed E-state index contributed by atoms with van der Waals surface area (Å²) in [4.78, 5) is 0. The van der Waals surface area contributed by atoms with Crippen molar-refractivity contribution in [2.75, 3.05) is 20.3 Å². The molecule has 0 bridgehead atoms. The van der Waals surface area contributed by atoms with Gasteiger partial charge < -0.3 is 14.8 Å². The van der Waals surface area contributed by atoms with Crippen LogP contribution in [0.4, 0.5) is 0 Å². The van der Waals surface area contributed by atoms with Gasteiger partial charge in [-0.25, -0.2) is 0 Å². The van der Waals surface area contributed by atoms with E-state index in [1.54, 1.807) is 7.11 Å². The molecular formula is C17H23NO2. The van der Waals surface area contributed by atoms with Crippen LogP contribution in [0.3, 0.4) is 0 Å². The van der Waals surface area contributed by atoms with Gasteiger partial charge in [-0.1, -0.05) is 50.2 Å². The fourth-order valence-electron chi connectivity index (χ4n) is 2.08. The SMILES string of the molecule is COC(CNC(C)C)COc1cccc2ccccc12. The zero-order chi connectivity index (χ0) is 14.4. The van der Waals surface area contributed by atoms with E-state index in [4.69, 9.17) is 9.47 Å². The molecule has 3 heteroatoms. The third-order valence-electron chi connectivity index (χ3n) is 3.26. The highest BCUT2D eigenvalue weighted by molar-refractivity contribution is 5.88. The van der Waals surface area contributed by atoms with Crippen LogP contribution >= 0.6 is 0 Å². The van der Waals surface area contributed by atoms with E-state index in [1.165, 1.54) is 5.39 Å². The summed E-state index contributed by atoms with van der Waals surface area (Å²) in [5, 5.41) is 5.70. The molecule has 1 N–H and O–H groups in total. The molecule has 0 saturated heterocycles. The minimum atomic E-state index is 0.0522. The van der Waals surface area contributed by atoms with Crippen molar-refractivity contribution in [1.82, 2.24) is 5.32 Å². The lowest BCUT2D eigenvalue weighted by molar-refractivity contribution is 0.0573. The van der Waals surface area contributed by atoms with Crippen molar-refractivity contribution in [2.45, 2.75) is 26.0 Å². The lowest BCUT2D eigenvalue weighted by Gasteiger charge is -2.19. The average Bonchev–Trinajstić information content (AvgIpc) is 2.47. The van der Waals surface area contributed by atoms with Crippen LogP contribution < -0.4 is 10.1 Å². The van der Waals surface area contributed by atoms with Crippen molar-refractivity contribution in [3.63, 3.8) is 0 Å². The fourth-order valence-corrected chi connectivity index (χ4v) is 2.08. The number of hydrogen-bond acceptors (Lipinski definition) is 3. The molecule has 0 heterocycles. The second-order valence-corrected chi connectivity index (χ2v) is 5.21. The van der Waals surface area contributed by atoms with Gasteiger partial charge in [-0.05, 0) is 11.5 Å². The summed E-state index contributed by atoms with van der Waals surface area (Å²) in [7, 11) is 1.72. The van der Waals surface area contributed by atoms with Crippen molar-refractivity contribution in [1.29, 1.82) is 0 Å². The van der Waals surface area contributed by atoms with Crippen molar-refractivity contribution >= 4 is 10.8 Å². The Kier molecular flexibility index (Phi) is 5.39. The highest BCUT2D eigenvalue weighted by atomic mass is 16.5. The van der Waals surface area contributed by atoms with Gasteiger partial charge in [-0.3, -0.25) is 0 Å². The molecule has 3 nitrogen and oxygen atoms in total. The molecule has 0 amide bonds. The van der Waals surface area contributed by atoms with Gasteiger partial charge in [0.1, 0.15) is 18.5 Å². The smallest absolute Gasteiger partial charge is 0.127 e. The van der Waals surface area contributed by atoms with E-state index in [1.807, 2.05) is 24.3 Å². The normalized spacial score (nSPS) is 12.8. The van der Waals surface area contributed by atoms with Crippen molar-refractivity contribution in [2.24, 2.45) is 0 Å². The predicted octanol–water partition coefficient (Wildman–Crippen LogP) is 3.23. The number of fused-ring (bicyclic) bond motifs is 1. The number of rotatable bonds is 7. The summed E-state index contributed by atoms with van der Waals surface area (Å²) in [6.45, 7) is 5.58. The Bertz CT molecular complexity index is 534. The molecule has 0 aliphatic rings. The summed E-state index contributed by atoms with van der Waals surface area (Å²) in [6.07, 6.45) is 0.0522. The van der Waals surface area contributed by atoms with Crippen LogP contribution in [0.15, 0.2) is 42.5 Å². The van der Waals surface area contributed by atoms with Crippen LogP contribution in [-0.2, 0) is 4.74 Å². The monoisotopic (exact) mass is 273 g/mol. The zero-order valence-electron chi connectivity index (χ0n) is 12.4. The Labute approximate surface area is 120 Å². The van der Waals surface area contributed by atoms with E-state index >= 15 is 0 Å². The van der Waals surface area contributed by atoms with E-state index in [0.717, 1.165) is 17.7 Å². The summed E-state index contributed by atoms with van der Waals surface area (Å²) in [5.41, 5.74) is 0. The Morgan fingerprint density at radius 3 is 2.55 bits per heavy atom. The van der Waals surface area contributed by atoms with E-state index in [9.17, 15) is 0 Å². The lowest BCUT2D eigenvalue weighted by Crippen LogP contribution is -2.36. The van der Waals surface area contributed by atoms with Gasteiger partial charge in [-0.2, -0.15) is 0 Å². The zero-order valence-corrected chi connectivity index (χ0v) is 12.4. The molecule has 0 spiro atoms. The van der Waals surface area contributed by atoms with Gasteiger partial charge in [0, 0.05) is 25.1 Å². The molecule has 0 aliphatic carbocycles. The topological polar surface area (TPSA) is 30.5 Å². The standard InChI is InChI=1S/C17H23NO2/c1-13(2)18-11-15(19-3)12-20-17-10-6-8-14-7-4-5-9-16(14)17/h4-10,13,15,18H,11-12H2,1-3H3. The quantitative estimate of drug-likeness (QED) is 0.840. The van der Waals surface area contributed by atoms with Crippen LogP contribution in [0.25, 0.3) is 10.8 Å². The number of nitrogens with one attached hydrogen (secondary N) is 1. The highest BCUT2D eigenvalue weighted by Crippen LogP contribution is 2.25. The first kappa shape index (κ1) is 14.8. The first-order valence-corrected chi connectivity index (χ1v) is 7.07. The van der Waals surface area contributed by atoms with Gasteiger partial charge in [0.05, 0.1) is 0 Å². The van der Waals surface area contributed by atoms with Crippen LogP contribution in [0.1, 0.15) is 13.8 Å². The first-order valence-electron chi connectivity index (χ1n) is 7.07. The Morgan fingerprint density at radius 1 is 1.05 bits per heavy atom. The van der Waals surface area contributed by atoms with E-state index in [0.29, 0.717) is 12.6 Å². The minimum absolute atomic E-state index is 0.0522. The van der Waals surface area contributed by atoms with Crippen molar-refractivity contribution in [3.05, 3.63) is 42.5 Å². The number of methoxy groups -OCH3 is 1. The number of ether oxygens (including phenoxy) is 2. The van der Waals surface area contributed by atoms with Crippen molar-refractivity contribution < 1.29 is 9.47 Å². The molecule has 0 fully saturated rings. The maximum absolute atomic E-state index is 5.94. The molecule has 2 rings (SSSR count). The van der Waals surface area contributed by atoms with E-state index < -0.39 is 0 Å². The highest BCUT2D eigenvalue weighted by Gasteiger charge is 2.10. The molecule has 108 valence electrons. The summed E-state index contributed by atoms with van der Waals surface area (Å²) in [6, 6.07) is 14.8. The Balaban J connectivity index is 2.01.